The predicted molar refractivity (Wildman–Crippen MR) is 84.1 cm³/mol. The van der Waals surface area contributed by atoms with Crippen molar-refractivity contribution in [3.8, 4) is 0 Å². The van der Waals surface area contributed by atoms with Crippen molar-refractivity contribution in [1.29, 1.82) is 0 Å². The Morgan fingerprint density at radius 2 is 1.80 bits per heavy atom. The molecule has 1 aromatic carbocycles. The highest BCUT2D eigenvalue weighted by atomic mass is 79.9. The molecule has 1 fully saturated rings. The average molecular weight is 344 g/mol. The summed E-state index contributed by atoms with van der Waals surface area (Å²) in [6.07, 6.45) is 0. The molecule has 1 aliphatic heterocycles. The van der Waals surface area contributed by atoms with Crippen molar-refractivity contribution >= 4 is 15.9 Å². The monoisotopic (exact) mass is 343 g/mol. The first-order valence-electron chi connectivity index (χ1n) is 7.01. The fourth-order valence-electron chi connectivity index (χ4n) is 2.58. The lowest BCUT2D eigenvalue weighted by atomic mass is 10.1. The molecule has 2 rings (SSSR count). The van der Waals surface area contributed by atoms with Gasteiger partial charge < -0.3 is 5.73 Å². The summed E-state index contributed by atoms with van der Waals surface area (Å²) >= 11 is 3.18. The van der Waals surface area contributed by atoms with E-state index in [0.717, 1.165) is 44.8 Å². The topological polar surface area (TPSA) is 32.5 Å². The van der Waals surface area contributed by atoms with E-state index >= 15 is 0 Å². The molecule has 5 heteroatoms. The lowest BCUT2D eigenvalue weighted by molar-refractivity contribution is 0.112. The molecule has 0 amide bonds. The summed E-state index contributed by atoms with van der Waals surface area (Å²) in [5.74, 6) is -0.189. The molecule has 0 bridgehead atoms. The maximum Gasteiger partial charge on any atom is 0.137 e. The van der Waals surface area contributed by atoms with Crippen molar-refractivity contribution in [2.45, 2.75) is 25.9 Å². The van der Waals surface area contributed by atoms with Crippen LogP contribution in [0.2, 0.25) is 0 Å². The molecule has 0 spiro atoms. The van der Waals surface area contributed by atoms with Crippen molar-refractivity contribution in [2.24, 2.45) is 5.73 Å². The van der Waals surface area contributed by atoms with Gasteiger partial charge in [-0.3, -0.25) is 9.80 Å². The highest BCUT2D eigenvalue weighted by Crippen LogP contribution is 2.18. The molecule has 0 saturated carbocycles. The number of piperazine rings is 1. The van der Waals surface area contributed by atoms with Gasteiger partial charge in [-0.25, -0.2) is 4.39 Å². The molecule has 1 aromatic rings. The molecule has 1 aliphatic rings. The molecule has 20 heavy (non-hydrogen) atoms. The molecule has 0 radical (unpaired) electrons. The minimum absolute atomic E-state index is 0.142. The van der Waals surface area contributed by atoms with Gasteiger partial charge in [-0.05, 0) is 47.5 Å². The van der Waals surface area contributed by atoms with E-state index in [-0.39, 0.29) is 11.4 Å². The molecule has 2 N–H and O–H groups in total. The number of hydrogen-bond acceptors (Lipinski definition) is 3. The first-order chi connectivity index (χ1) is 9.33. The first kappa shape index (κ1) is 15.9. The van der Waals surface area contributed by atoms with Gasteiger partial charge in [0.05, 0.1) is 4.47 Å². The van der Waals surface area contributed by atoms with Crippen molar-refractivity contribution in [1.82, 2.24) is 9.80 Å². The molecule has 112 valence electrons. The van der Waals surface area contributed by atoms with E-state index in [1.807, 2.05) is 6.07 Å². The Hall–Kier alpha value is -0.490. The standard InChI is InChI=1S/C15H23BrFN3/c1-15(2,18)11-20-7-5-19(6-8-20)10-12-3-4-13(16)14(17)9-12/h3-4,9H,5-8,10-11,18H2,1-2H3. The Morgan fingerprint density at radius 1 is 1.20 bits per heavy atom. The van der Waals surface area contributed by atoms with Crippen LogP contribution in [0.15, 0.2) is 22.7 Å². The molecular formula is C15H23BrFN3. The first-order valence-corrected chi connectivity index (χ1v) is 7.80. The number of nitrogens with two attached hydrogens (primary N) is 1. The Kier molecular flexibility index (Phi) is 5.18. The minimum atomic E-state index is -0.189. The second kappa shape index (κ2) is 6.52. The van der Waals surface area contributed by atoms with Crippen LogP contribution in [0.3, 0.4) is 0 Å². The lowest BCUT2D eigenvalue weighted by Gasteiger charge is -2.37. The highest BCUT2D eigenvalue weighted by molar-refractivity contribution is 9.10. The minimum Gasteiger partial charge on any atom is -0.324 e. The van der Waals surface area contributed by atoms with E-state index in [0.29, 0.717) is 4.47 Å². The van der Waals surface area contributed by atoms with Crippen LogP contribution in [0, 0.1) is 5.82 Å². The van der Waals surface area contributed by atoms with E-state index in [9.17, 15) is 4.39 Å². The van der Waals surface area contributed by atoms with Crippen LogP contribution in [0.25, 0.3) is 0 Å². The zero-order valence-electron chi connectivity index (χ0n) is 12.2. The molecule has 0 aliphatic carbocycles. The smallest absolute Gasteiger partial charge is 0.137 e. The van der Waals surface area contributed by atoms with Gasteiger partial charge in [0.1, 0.15) is 5.82 Å². The van der Waals surface area contributed by atoms with Crippen LogP contribution in [-0.4, -0.2) is 48.1 Å². The van der Waals surface area contributed by atoms with Gasteiger partial charge in [-0.15, -0.1) is 0 Å². The van der Waals surface area contributed by atoms with E-state index in [2.05, 4.69) is 39.6 Å². The van der Waals surface area contributed by atoms with Crippen LogP contribution in [0.1, 0.15) is 19.4 Å². The van der Waals surface area contributed by atoms with E-state index in [4.69, 9.17) is 5.73 Å². The number of hydrogen-bond donors (Lipinski definition) is 1. The third-order valence-corrected chi connectivity index (χ3v) is 4.13. The quantitative estimate of drug-likeness (QED) is 0.911. The number of rotatable bonds is 4. The van der Waals surface area contributed by atoms with Crippen molar-refractivity contribution in [2.75, 3.05) is 32.7 Å². The molecule has 3 nitrogen and oxygen atoms in total. The molecule has 0 unspecified atom stereocenters. The summed E-state index contributed by atoms with van der Waals surface area (Å²) in [5.41, 5.74) is 6.94. The second-order valence-electron chi connectivity index (χ2n) is 6.29. The van der Waals surface area contributed by atoms with Crippen LogP contribution >= 0.6 is 15.9 Å². The van der Waals surface area contributed by atoms with Crippen LogP contribution < -0.4 is 5.73 Å². The Balaban J connectivity index is 1.83. The lowest BCUT2D eigenvalue weighted by Crippen LogP contribution is -2.52. The molecule has 1 saturated heterocycles. The van der Waals surface area contributed by atoms with Crippen LogP contribution in [0.5, 0.6) is 0 Å². The predicted octanol–water partition coefficient (Wildman–Crippen LogP) is 2.44. The highest BCUT2D eigenvalue weighted by Gasteiger charge is 2.21. The third kappa shape index (κ3) is 4.81. The number of benzene rings is 1. The molecule has 0 atom stereocenters. The maximum atomic E-state index is 13.5. The van der Waals surface area contributed by atoms with E-state index < -0.39 is 0 Å². The van der Waals surface area contributed by atoms with Crippen molar-refractivity contribution in [3.05, 3.63) is 34.1 Å². The van der Waals surface area contributed by atoms with Gasteiger partial charge in [0.2, 0.25) is 0 Å². The summed E-state index contributed by atoms with van der Waals surface area (Å²) in [6.45, 7) is 9.92. The zero-order valence-corrected chi connectivity index (χ0v) is 13.8. The number of halogens is 2. The molecular weight excluding hydrogens is 321 g/mol. The average Bonchev–Trinajstić information content (AvgIpc) is 2.35. The summed E-state index contributed by atoms with van der Waals surface area (Å²) in [6, 6.07) is 5.36. The van der Waals surface area contributed by atoms with Gasteiger partial charge in [-0.1, -0.05) is 6.07 Å². The third-order valence-electron chi connectivity index (χ3n) is 3.49. The Bertz CT molecular complexity index is 451. The van der Waals surface area contributed by atoms with Crippen LogP contribution in [-0.2, 0) is 6.54 Å². The van der Waals surface area contributed by atoms with Gasteiger partial charge in [0.25, 0.3) is 0 Å². The van der Waals surface area contributed by atoms with Gasteiger partial charge in [-0.2, -0.15) is 0 Å². The Morgan fingerprint density at radius 3 is 2.35 bits per heavy atom. The van der Waals surface area contributed by atoms with Gasteiger partial charge in [0.15, 0.2) is 0 Å². The van der Waals surface area contributed by atoms with Gasteiger partial charge in [0, 0.05) is 44.8 Å². The van der Waals surface area contributed by atoms with Gasteiger partial charge >= 0.3 is 0 Å². The summed E-state index contributed by atoms with van der Waals surface area (Å²) < 4.78 is 14.0. The summed E-state index contributed by atoms with van der Waals surface area (Å²) in [7, 11) is 0. The normalized spacial score (nSPS) is 18.4. The fourth-order valence-corrected chi connectivity index (χ4v) is 2.82. The zero-order chi connectivity index (χ0) is 14.8. The summed E-state index contributed by atoms with van der Waals surface area (Å²) in [5, 5.41) is 0. The Labute approximate surface area is 129 Å². The number of nitrogens with zero attached hydrogens (tertiary/aromatic N) is 2. The summed E-state index contributed by atoms with van der Waals surface area (Å²) in [4.78, 5) is 4.77. The van der Waals surface area contributed by atoms with Crippen molar-refractivity contribution < 1.29 is 4.39 Å². The maximum absolute atomic E-state index is 13.5. The van der Waals surface area contributed by atoms with Crippen molar-refractivity contribution in [3.63, 3.8) is 0 Å². The fraction of sp³-hybridized carbons (Fsp3) is 0.600. The van der Waals surface area contributed by atoms with Crippen LogP contribution in [0.4, 0.5) is 4.39 Å². The largest absolute Gasteiger partial charge is 0.324 e. The van der Waals surface area contributed by atoms with E-state index in [1.54, 1.807) is 12.1 Å². The molecule has 0 aromatic heterocycles. The van der Waals surface area contributed by atoms with E-state index in [1.165, 1.54) is 0 Å². The SMILES string of the molecule is CC(C)(N)CN1CCN(Cc2ccc(Br)c(F)c2)CC1. The molecule has 1 heterocycles. The second-order valence-corrected chi connectivity index (χ2v) is 7.14.